The van der Waals surface area contributed by atoms with E-state index >= 15 is 0 Å². The van der Waals surface area contributed by atoms with Gasteiger partial charge in [0.25, 0.3) is 5.91 Å². The number of hydrogen-bond acceptors (Lipinski definition) is 5. The molecule has 1 aliphatic rings. The number of anilines is 1. The van der Waals surface area contributed by atoms with Crippen LogP contribution in [-0.4, -0.2) is 31.1 Å². The van der Waals surface area contributed by atoms with Gasteiger partial charge < -0.3 is 21.5 Å². The normalized spacial score (nSPS) is 27.1. The van der Waals surface area contributed by atoms with Gasteiger partial charge in [-0.2, -0.15) is 0 Å². The molecule has 7 heteroatoms. The Kier molecular flexibility index (Phi) is 3.38. The Balaban J connectivity index is 2.17. The van der Waals surface area contributed by atoms with Gasteiger partial charge in [0.2, 0.25) is 5.91 Å². The summed E-state index contributed by atoms with van der Waals surface area (Å²) in [4.78, 5) is 23.4. The molecule has 1 aromatic heterocycles. The van der Waals surface area contributed by atoms with Gasteiger partial charge in [-0.15, -0.1) is 11.3 Å². The lowest BCUT2D eigenvalue weighted by molar-refractivity contribution is -0.125. The zero-order valence-electron chi connectivity index (χ0n) is 9.93. The quantitative estimate of drug-likeness (QED) is 0.725. The molecule has 0 radical (unpaired) electrons. The molecule has 0 bridgehead atoms. The molecule has 2 unspecified atom stereocenters. The first-order valence-corrected chi connectivity index (χ1v) is 6.35. The molecule has 1 saturated heterocycles. The molecule has 5 N–H and O–H groups in total. The number of rotatable bonds is 3. The van der Waals surface area contributed by atoms with Crippen molar-refractivity contribution in [2.24, 2.45) is 16.9 Å². The second kappa shape index (κ2) is 4.68. The molecule has 0 aromatic carbocycles. The van der Waals surface area contributed by atoms with Crippen molar-refractivity contribution in [3.05, 3.63) is 17.0 Å². The summed E-state index contributed by atoms with van der Waals surface area (Å²) in [5.41, 5.74) is 10.6. The topological polar surface area (TPSA) is 107 Å². The zero-order chi connectivity index (χ0) is 13.3. The second-order valence-electron chi connectivity index (χ2n) is 4.52. The molecule has 18 heavy (non-hydrogen) atoms. The average Bonchev–Trinajstić information content (AvgIpc) is 2.88. The summed E-state index contributed by atoms with van der Waals surface area (Å²) >= 11 is 1.25. The van der Waals surface area contributed by atoms with Gasteiger partial charge in [0, 0.05) is 6.04 Å². The molecule has 2 amide bonds. The van der Waals surface area contributed by atoms with Crippen LogP contribution in [0.4, 0.5) is 5.00 Å². The van der Waals surface area contributed by atoms with Crippen molar-refractivity contribution < 1.29 is 14.3 Å². The molecule has 1 fully saturated rings. The third kappa shape index (κ3) is 2.12. The summed E-state index contributed by atoms with van der Waals surface area (Å²) in [6.45, 7) is 2.38. The fraction of sp³-hybridized carbons (Fsp3) is 0.455. The molecule has 2 atom stereocenters. The Bertz CT molecular complexity index is 488. The molecule has 6 nitrogen and oxygen atoms in total. The van der Waals surface area contributed by atoms with Gasteiger partial charge in [0.05, 0.1) is 24.2 Å². The third-order valence-electron chi connectivity index (χ3n) is 3.19. The van der Waals surface area contributed by atoms with E-state index in [0.717, 1.165) is 0 Å². The lowest BCUT2D eigenvalue weighted by Crippen LogP contribution is -2.47. The molecule has 2 rings (SSSR count). The van der Waals surface area contributed by atoms with E-state index in [2.05, 4.69) is 5.32 Å². The van der Waals surface area contributed by atoms with Crippen LogP contribution in [0.25, 0.3) is 0 Å². The van der Waals surface area contributed by atoms with E-state index in [1.807, 2.05) is 0 Å². The minimum atomic E-state index is -0.779. The van der Waals surface area contributed by atoms with Crippen molar-refractivity contribution in [2.75, 3.05) is 18.5 Å². The highest BCUT2D eigenvalue weighted by Gasteiger charge is 2.44. The van der Waals surface area contributed by atoms with Crippen LogP contribution in [0.3, 0.4) is 0 Å². The Morgan fingerprint density at radius 3 is 2.89 bits per heavy atom. The number of amides is 2. The van der Waals surface area contributed by atoms with Crippen molar-refractivity contribution in [3.8, 4) is 0 Å². The smallest absolute Gasteiger partial charge is 0.251 e. The lowest BCUT2D eigenvalue weighted by Gasteiger charge is -2.25. The molecule has 0 aliphatic carbocycles. The van der Waals surface area contributed by atoms with E-state index in [1.165, 1.54) is 11.3 Å². The number of carbonyl (C=O) groups is 2. The van der Waals surface area contributed by atoms with E-state index in [0.29, 0.717) is 17.2 Å². The van der Waals surface area contributed by atoms with Gasteiger partial charge >= 0.3 is 0 Å². The second-order valence-corrected chi connectivity index (χ2v) is 5.44. The first-order valence-electron chi connectivity index (χ1n) is 5.47. The van der Waals surface area contributed by atoms with E-state index in [9.17, 15) is 9.59 Å². The first-order chi connectivity index (χ1) is 8.45. The maximum atomic E-state index is 12.2. The van der Waals surface area contributed by atoms with Gasteiger partial charge in [-0.1, -0.05) is 0 Å². The van der Waals surface area contributed by atoms with Crippen molar-refractivity contribution in [1.82, 2.24) is 0 Å². The molecule has 98 valence electrons. The van der Waals surface area contributed by atoms with Crippen molar-refractivity contribution in [2.45, 2.75) is 13.0 Å². The zero-order valence-corrected chi connectivity index (χ0v) is 10.8. The first kappa shape index (κ1) is 13.0. The summed E-state index contributed by atoms with van der Waals surface area (Å²) in [5.74, 6) is -0.818. The number of ether oxygens (including phenoxy) is 1. The van der Waals surface area contributed by atoms with Gasteiger partial charge in [-0.3, -0.25) is 9.59 Å². The SMILES string of the molecule is CC1(C(=O)Nc2sccc2C(N)=O)COCC1N. The van der Waals surface area contributed by atoms with Crippen LogP contribution in [-0.2, 0) is 9.53 Å². The number of nitrogens with one attached hydrogen (secondary N) is 1. The van der Waals surface area contributed by atoms with Crippen LogP contribution in [0.15, 0.2) is 11.4 Å². The molecule has 2 heterocycles. The Hall–Kier alpha value is -1.44. The van der Waals surface area contributed by atoms with Crippen LogP contribution in [0.5, 0.6) is 0 Å². The van der Waals surface area contributed by atoms with Crippen molar-refractivity contribution in [1.29, 1.82) is 0 Å². The maximum absolute atomic E-state index is 12.2. The molecule has 1 aromatic rings. The Morgan fingerprint density at radius 2 is 2.33 bits per heavy atom. The standard InChI is InChI=1S/C11H15N3O3S/c1-11(5-17-4-7(11)12)10(16)14-9-6(8(13)15)2-3-18-9/h2-3,7H,4-5,12H2,1H3,(H2,13,15)(H,14,16). The summed E-state index contributed by atoms with van der Waals surface area (Å²) in [5, 5.41) is 4.85. The number of primary amides is 1. The number of carbonyl (C=O) groups excluding carboxylic acids is 2. The third-order valence-corrected chi connectivity index (χ3v) is 4.02. The van der Waals surface area contributed by atoms with Crippen LogP contribution in [0, 0.1) is 5.41 Å². The van der Waals surface area contributed by atoms with Crippen LogP contribution < -0.4 is 16.8 Å². The Labute approximate surface area is 108 Å². The average molecular weight is 269 g/mol. The minimum Gasteiger partial charge on any atom is -0.379 e. The molecule has 0 saturated carbocycles. The predicted molar refractivity (Wildman–Crippen MR) is 68.4 cm³/mol. The lowest BCUT2D eigenvalue weighted by atomic mass is 9.85. The predicted octanol–water partition coefficient (Wildman–Crippen LogP) is 0.149. The van der Waals surface area contributed by atoms with Crippen molar-refractivity contribution in [3.63, 3.8) is 0 Å². The number of thiophene rings is 1. The maximum Gasteiger partial charge on any atom is 0.251 e. The minimum absolute atomic E-state index is 0.252. The summed E-state index contributed by atoms with van der Waals surface area (Å²) in [6, 6.07) is 1.23. The summed E-state index contributed by atoms with van der Waals surface area (Å²) in [6.07, 6.45) is 0. The number of hydrogen-bond donors (Lipinski definition) is 3. The van der Waals surface area contributed by atoms with Crippen LogP contribution in [0.1, 0.15) is 17.3 Å². The molecule has 0 spiro atoms. The molecule has 1 aliphatic heterocycles. The summed E-state index contributed by atoms with van der Waals surface area (Å²) < 4.78 is 5.22. The van der Waals surface area contributed by atoms with E-state index in [4.69, 9.17) is 16.2 Å². The highest BCUT2D eigenvalue weighted by atomic mass is 32.1. The largest absolute Gasteiger partial charge is 0.379 e. The molecular formula is C11H15N3O3S. The van der Waals surface area contributed by atoms with Gasteiger partial charge in [0.1, 0.15) is 5.00 Å². The van der Waals surface area contributed by atoms with E-state index < -0.39 is 11.3 Å². The van der Waals surface area contributed by atoms with Gasteiger partial charge in [-0.05, 0) is 18.4 Å². The van der Waals surface area contributed by atoms with E-state index in [-0.39, 0.29) is 18.6 Å². The highest BCUT2D eigenvalue weighted by molar-refractivity contribution is 7.14. The van der Waals surface area contributed by atoms with Gasteiger partial charge in [0.15, 0.2) is 0 Å². The Morgan fingerprint density at radius 1 is 1.61 bits per heavy atom. The molecular weight excluding hydrogens is 254 g/mol. The fourth-order valence-corrected chi connectivity index (χ4v) is 2.56. The fourth-order valence-electron chi connectivity index (χ4n) is 1.77. The van der Waals surface area contributed by atoms with E-state index in [1.54, 1.807) is 18.4 Å². The van der Waals surface area contributed by atoms with Gasteiger partial charge in [-0.25, -0.2) is 0 Å². The van der Waals surface area contributed by atoms with Crippen LogP contribution >= 0.6 is 11.3 Å². The monoisotopic (exact) mass is 269 g/mol. The number of nitrogens with two attached hydrogens (primary N) is 2. The van der Waals surface area contributed by atoms with Crippen molar-refractivity contribution >= 4 is 28.2 Å². The highest BCUT2D eigenvalue weighted by Crippen LogP contribution is 2.31. The van der Waals surface area contributed by atoms with Crippen LogP contribution in [0.2, 0.25) is 0 Å². The summed E-state index contributed by atoms with van der Waals surface area (Å²) in [7, 11) is 0.